The zero-order valence-electron chi connectivity index (χ0n) is 16.6. The maximum absolute atomic E-state index is 13.5. The molecule has 1 unspecified atom stereocenters. The third-order valence-corrected chi connectivity index (χ3v) is 5.00. The van der Waals surface area contributed by atoms with Crippen LogP contribution < -0.4 is 10.1 Å². The fraction of sp³-hybridized carbons (Fsp3) is 0.318. The number of carbonyl (C=O) groups excluding carboxylic acids is 1. The number of halogens is 1. The van der Waals surface area contributed by atoms with Crippen LogP contribution in [0.3, 0.4) is 0 Å². The molecule has 0 saturated heterocycles. The molecule has 0 aliphatic carbocycles. The molecule has 1 aromatic carbocycles. The van der Waals surface area contributed by atoms with E-state index in [9.17, 15) is 9.18 Å². The number of nitrogens with zero attached hydrogens (tertiary/aromatic N) is 3. The molecular weight excluding hydrogens is 371 g/mol. The number of carbonyl (C=O) groups is 1. The Morgan fingerprint density at radius 1 is 1.24 bits per heavy atom. The molecule has 150 valence electrons. The fourth-order valence-electron chi connectivity index (χ4n) is 3.30. The van der Waals surface area contributed by atoms with Crippen molar-refractivity contribution >= 4 is 11.7 Å². The molecule has 2 aromatic heterocycles. The highest BCUT2D eigenvalue weighted by Gasteiger charge is 2.28. The van der Waals surface area contributed by atoms with Crippen LogP contribution >= 0.6 is 0 Å². The molecule has 4 rings (SSSR count). The predicted octanol–water partition coefficient (Wildman–Crippen LogP) is 4.69. The summed E-state index contributed by atoms with van der Waals surface area (Å²) in [6, 6.07) is 10.1. The van der Waals surface area contributed by atoms with Gasteiger partial charge in [0, 0.05) is 24.1 Å². The summed E-state index contributed by atoms with van der Waals surface area (Å²) in [6.07, 6.45) is 2.51. The number of hydrogen-bond acceptors (Lipinski definition) is 4. The van der Waals surface area contributed by atoms with Gasteiger partial charge in [-0.05, 0) is 48.9 Å². The van der Waals surface area contributed by atoms with E-state index in [-0.39, 0.29) is 23.7 Å². The van der Waals surface area contributed by atoms with E-state index in [4.69, 9.17) is 9.84 Å². The number of ether oxygens (including phenoxy) is 1. The highest BCUT2D eigenvalue weighted by atomic mass is 19.1. The maximum Gasteiger partial charge on any atom is 0.228 e. The molecule has 6 nitrogen and oxygen atoms in total. The van der Waals surface area contributed by atoms with Gasteiger partial charge in [0.25, 0.3) is 0 Å². The second kappa shape index (κ2) is 7.66. The minimum Gasteiger partial charge on any atom is -0.477 e. The number of hydrogen-bond donors (Lipinski definition) is 1. The van der Waals surface area contributed by atoms with Crippen LogP contribution in [0.1, 0.15) is 33.2 Å². The largest absolute Gasteiger partial charge is 0.477 e. The Bertz CT molecular complexity index is 1040. The number of amides is 1. The lowest BCUT2D eigenvalue weighted by atomic mass is 10.0. The molecule has 3 aromatic rings. The van der Waals surface area contributed by atoms with Crippen LogP contribution in [0.4, 0.5) is 10.2 Å². The number of rotatable bonds is 4. The van der Waals surface area contributed by atoms with Crippen LogP contribution in [0.25, 0.3) is 22.4 Å². The fourth-order valence-corrected chi connectivity index (χ4v) is 3.30. The summed E-state index contributed by atoms with van der Waals surface area (Å²) in [7, 11) is 0. The Labute approximate surface area is 168 Å². The van der Waals surface area contributed by atoms with Crippen molar-refractivity contribution in [1.82, 2.24) is 14.8 Å². The Hall–Kier alpha value is -3.22. The third kappa shape index (κ3) is 3.72. The van der Waals surface area contributed by atoms with Crippen molar-refractivity contribution < 1.29 is 13.9 Å². The molecule has 1 aliphatic heterocycles. The standard InChI is InChI=1S/C22H23FN4O2/c1-13(2)21(28)25-18-12-16(8-10-24-18)19-20(15-4-6-17(23)7-5-15)26-27-14(3)9-11-29-22(19)27/h4-8,10,12-14H,9,11H2,1-3H3,(H,24,25,28). The van der Waals surface area contributed by atoms with Gasteiger partial charge in [-0.2, -0.15) is 5.10 Å². The van der Waals surface area contributed by atoms with E-state index in [1.54, 1.807) is 18.3 Å². The van der Waals surface area contributed by atoms with Crippen molar-refractivity contribution in [1.29, 1.82) is 0 Å². The van der Waals surface area contributed by atoms with Crippen LogP contribution in [0, 0.1) is 11.7 Å². The molecule has 1 N–H and O–H groups in total. The molecule has 29 heavy (non-hydrogen) atoms. The summed E-state index contributed by atoms with van der Waals surface area (Å²) in [5.74, 6) is 0.593. The van der Waals surface area contributed by atoms with Crippen molar-refractivity contribution in [3.63, 3.8) is 0 Å². The normalized spacial score (nSPS) is 15.7. The monoisotopic (exact) mass is 394 g/mol. The topological polar surface area (TPSA) is 69.0 Å². The first-order chi connectivity index (χ1) is 13.9. The summed E-state index contributed by atoms with van der Waals surface area (Å²) in [5.41, 5.74) is 3.14. The van der Waals surface area contributed by atoms with Crippen molar-refractivity contribution in [2.75, 3.05) is 11.9 Å². The Kier molecular flexibility index (Phi) is 5.05. The lowest BCUT2D eigenvalue weighted by Crippen LogP contribution is -2.19. The summed E-state index contributed by atoms with van der Waals surface area (Å²) in [6.45, 7) is 6.35. The van der Waals surface area contributed by atoms with Crippen LogP contribution in [0.15, 0.2) is 42.6 Å². The van der Waals surface area contributed by atoms with Crippen LogP contribution in [-0.4, -0.2) is 27.3 Å². The van der Waals surface area contributed by atoms with Crippen LogP contribution in [0.5, 0.6) is 5.88 Å². The van der Waals surface area contributed by atoms with Gasteiger partial charge in [0.1, 0.15) is 17.3 Å². The Morgan fingerprint density at radius 2 is 2.00 bits per heavy atom. The van der Waals surface area contributed by atoms with Gasteiger partial charge >= 0.3 is 0 Å². The van der Waals surface area contributed by atoms with Gasteiger partial charge in [0.2, 0.25) is 11.8 Å². The molecule has 3 heterocycles. The first-order valence-electron chi connectivity index (χ1n) is 9.72. The smallest absolute Gasteiger partial charge is 0.228 e. The minimum atomic E-state index is -0.300. The SMILES string of the molecule is CC(C)C(=O)Nc1cc(-c2c(-c3ccc(F)cc3)nn3c2OCCC3C)ccn1. The number of aromatic nitrogens is 3. The molecule has 7 heteroatoms. The highest BCUT2D eigenvalue weighted by molar-refractivity contribution is 5.92. The van der Waals surface area contributed by atoms with Crippen molar-refractivity contribution in [3.8, 4) is 28.3 Å². The Balaban J connectivity index is 1.84. The van der Waals surface area contributed by atoms with E-state index in [0.717, 1.165) is 23.1 Å². The summed E-state index contributed by atoms with van der Waals surface area (Å²) in [5, 5.41) is 7.62. The van der Waals surface area contributed by atoms with E-state index >= 15 is 0 Å². The molecule has 1 atom stereocenters. The van der Waals surface area contributed by atoms with Gasteiger partial charge in [0.15, 0.2) is 0 Å². The Morgan fingerprint density at radius 3 is 2.72 bits per heavy atom. The van der Waals surface area contributed by atoms with Gasteiger partial charge in [-0.1, -0.05) is 13.8 Å². The van der Waals surface area contributed by atoms with Crippen molar-refractivity contribution in [2.24, 2.45) is 5.92 Å². The number of pyridine rings is 1. The van der Waals surface area contributed by atoms with Crippen LogP contribution in [0.2, 0.25) is 0 Å². The maximum atomic E-state index is 13.5. The van der Waals surface area contributed by atoms with E-state index in [2.05, 4.69) is 17.2 Å². The van der Waals surface area contributed by atoms with E-state index in [1.165, 1.54) is 12.1 Å². The van der Waals surface area contributed by atoms with Crippen molar-refractivity contribution in [2.45, 2.75) is 33.2 Å². The van der Waals surface area contributed by atoms with Crippen LogP contribution in [-0.2, 0) is 4.79 Å². The predicted molar refractivity (Wildman–Crippen MR) is 109 cm³/mol. The lowest BCUT2D eigenvalue weighted by Gasteiger charge is -2.22. The molecular formula is C22H23FN4O2. The second-order valence-corrected chi connectivity index (χ2v) is 7.54. The first kappa shape index (κ1) is 19.1. The molecule has 0 radical (unpaired) electrons. The first-order valence-corrected chi connectivity index (χ1v) is 9.72. The quantitative estimate of drug-likeness (QED) is 0.697. The van der Waals surface area contributed by atoms with Gasteiger partial charge in [-0.3, -0.25) is 4.79 Å². The summed E-state index contributed by atoms with van der Waals surface area (Å²) >= 11 is 0. The summed E-state index contributed by atoms with van der Waals surface area (Å²) in [4.78, 5) is 16.3. The number of fused-ring (bicyclic) bond motifs is 1. The highest BCUT2D eigenvalue weighted by Crippen LogP contribution is 2.43. The molecule has 1 amide bonds. The number of benzene rings is 1. The van der Waals surface area contributed by atoms with E-state index in [0.29, 0.717) is 24.0 Å². The molecule has 0 fully saturated rings. The average Bonchev–Trinajstić information content (AvgIpc) is 3.09. The van der Waals surface area contributed by atoms with Gasteiger partial charge in [-0.25, -0.2) is 14.1 Å². The number of nitrogens with one attached hydrogen (secondary N) is 1. The van der Waals surface area contributed by atoms with Gasteiger partial charge < -0.3 is 10.1 Å². The molecule has 0 spiro atoms. The third-order valence-electron chi connectivity index (χ3n) is 5.00. The number of anilines is 1. The zero-order valence-corrected chi connectivity index (χ0v) is 16.6. The van der Waals surface area contributed by atoms with E-state index in [1.807, 2.05) is 30.7 Å². The van der Waals surface area contributed by atoms with E-state index < -0.39 is 0 Å². The second-order valence-electron chi connectivity index (χ2n) is 7.54. The molecule has 0 bridgehead atoms. The zero-order chi connectivity index (χ0) is 20.5. The minimum absolute atomic E-state index is 0.102. The average molecular weight is 394 g/mol. The van der Waals surface area contributed by atoms with Crippen molar-refractivity contribution in [3.05, 3.63) is 48.4 Å². The lowest BCUT2D eigenvalue weighted by molar-refractivity contribution is -0.118. The summed E-state index contributed by atoms with van der Waals surface area (Å²) < 4.78 is 21.3. The van der Waals surface area contributed by atoms with Gasteiger partial charge in [-0.15, -0.1) is 0 Å². The molecule has 0 saturated carbocycles. The van der Waals surface area contributed by atoms with Gasteiger partial charge in [0.05, 0.1) is 18.2 Å². The molecule has 1 aliphatic rings.